The number of aromatic nitrogens is 2. The third-order valence-electron chi connectivity index (χ3n) is 4.70. The summed E-state index contributed by atoms with van der Waals surface area (Å²) in [6.45, 7) is 10.3. The SMILES string of the molecule is [CH2]C(C)(C)C#Cc1cccn2ncc(-c3ccc4c(c3)C=CC(C)=CC4)c12.[H]. The molecule has 2 radical (unpaired) electrons. The van der Waals surface area contributed by atoms with E-state index >= 15 is 0 Å². The molecule has 0 spiro atoms. The lowest BCUT2D eigenvalue weighted by Gasteiger charge is -2.08. The number of allylic oxidation sites excluding steroid dienone is 3. The molecule has 1 aromatic carbocycles. The number of hydrogen-bond donors (Lipinski definition) is 0. The summed E-state index contributed by atoms with van der Waals surface area (Å²) >= 11 is 0. The van der Waals surface area contributed by atoms with Gasteiger partial charge in [-0.1, -0.05) is 47.8 Å². The standard InChI is InChI=1S/C25H23N2.H/c1-18-7-9-19-11-12-22(16-21(19)10-8-18)23-17-26-27-15-5-6-20(24(23)27)13-14-25(2,3)4;/h5-8,10-12,15-17H,2,9H2,1,3-4H3;. The number of benzene rings is 1. The average Bonchev–Trinajstić information content (AvgIpc) is 2.98. The van der Waals surface area contributed by atoms with Gasteiger partial charge in [-0.05, 0) is 69.0 Å². The van der Waals surface area contributed by atoms with E-state index in [9.17, 15) is 0 Å². The largest absolute Gasteiger partial charge is 0.239 e. The van der Waals surface area contributed by atoms with E-state index in [0.717, 1.165) is 28.6 Å². The molecule has 3 aromatic rings. The summed E-state index contributed by atoms with van der Waals surface area (Å²) in [5, 5.41) is 4.55. The van der Waals surface area contributed by atoms with Crippen molar-refractivity contribution in [2.24, 2.45) is 5.41 Å². The second kappa shape index (κ2) is 6.59. The van der Waals surface area contributed by atoms with Gasteiger partial charge in [-0.2, -0.15) is 5.10 Å². The molecule has 4 rings (SSSR count). The fraction of sp³-hybridized carbons (Fsp3) is 0.200. The van der Waals surface area contributed by atoms with E-state index in [1.54, 1.807) is 0 Å². The van der Waals surface area contributed by atoms with Crippen molar-refractivity contribution in [3.8, 4) is 23.0 Å². The lowest BCUT2D eigenvalue weighted by Crippen LogP contribution is -2.00. The monoisotopic (exact) mass is 352 g/mol. The minimum Gasteiger partial charge on any atom is -0.239 e. The average molecular weight is 352 g/mol. The number of nitrogens with zero attached hydrogens (tertiary/aromatic N) is 2. The van der Waals surface area contributed by atoms with Gasteiger partial charge in [0.05, 0.1) is 17.3 Å². The van der Waals surface area contributed by atoms with Crippen molar-refractivity contribution >= 4 is 11.6 Å². The second-order valence-corrected chi connectivity index (χ2v) is 7.81. The van der Waals surface area contributed by atoms with Crippen molar-refractivity contribution in [1.82, 2.24) is 9.61 Å². The van der Waals surface area contributed by atoms with Crippen molar-refractivity contribution in [1.29, 1.82) is 0 Å². The maximum Gasteiger partial charge on any atom is 0.0896 e. The van der Waals surface area contributed by atoms with Gasteiger partial charge in [-0.15, -0.1) is 0 Å². The number of rotatable bonds is 1. The quantitative estimate of drug-likeness (QED) is 0.503. The number of fused-ring (bicyclic) bond motifs is 2. The topological polar surface area (TPSA) is 17.3 Å². The summed E-state index contributed by atoms with van der Waals surface area (Å²) in [5.74, 6) is 6.55. The molecule has 0 bridgehead atoms. The minimum absolute atomic E-state index is 0. The van der Waals surface area contributed by atoms with Crippen molar-refractivity contribution in [2.45, 2.75) is 27.2 Å². The second-order valence-electron chi connectivity index (χ2n) is 7.81. The highest BCUT2D eigenvalue weighted by atomic mass is 15.2. The molecular weight excluding hydrogens is 328 g/mol. The highest BCUT2D eigenvalue weighted by molar-refractivity contribution is 5.85. The predicted molar refractivity (Wildman–Crippen MR) is 114 cm³/mol. The van der Waals surface area contributed by atoms with Gasteiger partial charge in [0.25, 0.3) is 0 Å². The van der Waals surface area contributed by atoms with Gasteiger partial charge < -0.3 is 0 Å². The maximum absolute atomic E-state index is 4.55. The molecule has 0 N–H and O–H groups in total. The van der Waals surface area contributed by atoms with Crippen LogP contribution in [0.15, 0.2) is 60.5 Å². The Hall–Kier alpha value is -3.05. The van der Waals surface area contributed by atoms with Crippen LogP contribution in [0.1, 0.15) is 38.9 Å². The van der Waals surface area contributed by atoms with Crippen LogP contribution in [0.5, 0.6) is 0 Å². The van der Waals surface area contributed by atoms with Gasteiger partial charge in [0.2, 0.25) is 0 Å². The van der Waals surface area contributed by atoms with Gasteiger partial charge in [0.1, 0.15) is 0 Å². The summed E-state index contributed by atoms with van der Waals surface area (Å²) in [4.78, 5) is 0. The molecule has 1 aliphatic rings. The minimum atomic E-state index is -0.285. The van der Waals surface area contributed by atoms with Crippen LogP contribution in [0, 0.1) is 24.2 Å². The molecule has 2 heterocycles. The lowest BCUT2D eigenvalue weighted by atomic mass is 9.96. The summed E-state index contributed by atoms with van der Waals surface area (Å²) in [5.41, 5.74) is 7.92. The summed E-state index contributed by atoms with van der Waals surface area (Å²) in [7, 11) is 0. The molecule has 0 fully saturated rings. The van der Waals surface area contributed by atoms with E-state index in [2.05, 4.69) is 73.3 Å². The van der Waals surface area contributed by atoms with Gasteiger partial charge >= 0.3 is 0 Å². The van der Waals surface area contributed by atoms with Crippen molar-refractivity contribution in [3.63, 3.8) is 0 Å². The van der Waals surface area contributed by atoms with E-state index < -0.39 is 0 Å². The fourth-order valence-electron chi connectivity index (χ4n) is 3.26. The first kappa shape index (κ1) is 17.4. The lowest BCUT2D eigenvalue weighted by molar-refractivity contribution is 0.650. The summed E-state index contributed by atoms with van der Waals surface area (Å²) in [6, 6.07) is 10.7. The molecule has 2 heteroatoms. The van der Waals surface area contributed by atoms with Crippen LogP contribution in [0.4, 0.5) is 0 Å². The van der Waals surface area contributed by atoms with E-state index in [1.807, 2.05) is 36.8 Å². The molecule has 27 heavy (non-hydrogen) atoms. The Morgan fingerprint density at radius 3 is 2.89 bits per heavy atom. The molecule has 0 atom stereocenters. The zero-order chi connectivity index (χ0) is 19.0. The zero-order valence-corrected chi connectivity index (χ0v) is 16.1. The van der Waals surface area contributed by atoms with E-state index in [4.69, 9.17) is 0 Å². The maximum atomic E-state index is 4.55. The van der Waals surface area contributed by atoms with Crippen LogP contribution in [-0.2, 0) is 6.42 Å². The Kier molecular flexibility index (Phi) is 4.24. The Balaban J connectivity index is 0.00000225. The van der Waals surface area contributed by atoms with Gasteiger partial charge in [0, 0.05) is 18.6 Å². The Bertz CT molecular complexity index is 1140. The highest BCUT2D eigenvalue weighted by Crippen LogP contribution is 2.30. The normalized spacial score (nSPS) is 13.6. The number of hydrogen-bond acceptors (Lipinski definition) is 1. The van der Waals surface area contributed by atoms with Crippen molar-refractivity contribution < 1.29 is 1.43 Å². The van der Waals surface area contributed by atoms with E-state index in [-0.39, 0.29) is 6.84 Å². The first-order valence-corrected chi connectivity index (χ1v) is 9.24. The Morgan fingerprint density at radius 1 is 1.22 bits per heavy atom. The Labute approximate surface area is 162 Å². The summed E-state index contributed by atoms with van der Waals surface area (Å²) in [6.07, 6.45) is 11.5. The van der Waals surface area contributed by atoms with Gasteiger partial charge in [0.15, 0.2) is 0 Å². The first-order chi connectivity index (χ1) is 12.9. The molecule has 134 valence electrons. The molecule has 0 aliphatic heterocycles. The molecule has 2 nitrogen and oxygen atoms in total. The molecule has 0 amide bonds. The van der Waals surface area contributed by atoms with Crippen molar-refractivity contribution in [2.75, 3.05) is 0 Å². The number of pyridine rings is 1. The third kappa shape index (κ3) is 3.59. The predicted octanol–water partition coefficient (Wildman–Crippen LogP) is 5.84. The van der Waals surface area contributed by atoms with Crippen LogP contribution in [0.3, 0.4) is 0 Å². The molecule has 0 saturated heterocycles. The molecule has 0 unspecified atom stereocenters. The zero-order valence-electron chi connectivity index (χ0n) is 17.1. The van der Waals surface area contributed by atoms with Crippen LogP contribution in [-0.4, -0.2) is 9.61 Å². The van der Waals surface area contributed by atoms with Crippen LogP contribution >= 0.6 is 0 Å². The smallest absolute Gasteiger partial charge is 0.0896 e. The molecule has 0 saturated carbocycles. The third-order valence-corrected chi connectivity index (χ3v) is 4.70. The summed E-state index contributed by atoms with van der Waals surface area (Å²) < 4.78 is 1.91. The fourth-order valence-corrected chi connectivity index (χ4v) is 3.26. The van der Waals surface area contributed by atoms with Crippen LogP contribution < -0.4 is 0 Å². The highest BCUT2D eigenvalue weighted by Gasteiger charge is 2.13. The van der Waals surface area contributed by atoms with Crippen LogP contribution in [0.25, 0.3) is 22.7 Å². The van der Waals surface area contributed by atoms with Crippen molar-refractivity contribution in [3.05, 3.63) is 84.1 Å². The van der Waals surface area contributed by atoms with Gasteiger partial charge in [-0.3, -0.25) is 0 Å². The van der Waals surface area contributed by atoms with E-state index in [1.165, 1.54) is 16.7 Å². The molecular formula is C25H24N2. The first-order valence-electron chi connectivity index (χ1n) is 9.24. The van der Waals surface area contributed by atoms with Crippen LogP contribution in [0.2, 0.25) is 0 Å². The van der Waals surface area contributed by atoms with Gasteiger partial charge in [-0.25, -0.2) is 4.52 Å². The van der Waals surface area contributed by atoms with E-state index in [0.29, 0.717) is 0 Å². The molecule has 2 aromatic heterocycles. The Morgan fingerprint density at radius 2 is 2.07 bits per heavy atom. The molecule has 1 aliphatic carbocycles.